The molecule has 2 aliphatic rings. The van der Waals surface area contributed by atoms with Gasteiger partial charge in [-0.05, 0) is 24.7 Å². The van der Waals surface area contributed by atoms with Gasteiger partial charge in [0.05, 0.1) is 0 Å². The van der Waals surface area contributed by atoms with Crippen LogP contribution in [0.25, 0.3) is 0 Å². The molecule has 0 amide bonds. The highest BCUT2D eigenvalue weighted by Crippen LogP contribution is 2.46. The van der Waals surface area contributed by atoms with Crippen molar-refractivity contribution in [3.05, 3.63) is 0 Å². The third-order valence-electron chi connectivity index (χ3n) is 2.44. The molecule has 9 heavy (non-hydrogen) atoms. The Balaban J connectivity index is 2.16. The molecule has 1 aliphatic heterocycles. The van der Waals surface area contributed by atoms with Crippen LogP contribution in [0.15, 0.2) is 0 Å². The molecule has 1 saturated carbocycles. The van der Waals surface area contributed by atoms with Crippen molar-refractivity contribution in [2.45, 2.75) is 17.6 Å². The number of hydrogen-bond donors (Lipinski definition) is 0. The van der Waals surface area contributed by atoms with Gasteiger partial charge in [-0.1, -0.05) is 0 Å². The molecule has 0 aromatic heterocycles. The van der Waals surface area contributed by atoms with Gasteiger partial charge in [-0.3, -0.25) is 4.21 Å². The van der Waals surface area contributed by atoms with Gasteiger partial charge in [-0.15, -0.1) is 11.6 Å². The molecule has 0 radical (unpaired) electrons. The Bertz CT molecular complexity index is 159. The number of rotatable bonds is 0. The van der Waals surface area contributed by atoms with Crippen LogP contribution < -0.4 is 0 Å². The van der Waals surface area contributed by atoms with Crippen LogP contribution in [0.1, 0.15) is 12.8 Å². The Labute approximate surface area is 62.2 Å². The molecule has 1 aliphatic carbocycles. The van der Waals surface area contributed by atoms with Crippen molar-refractivity contribution < 1.29 is 4.21 Å². The fourth-order valence-electron chi connectivity index (χ4n) is 1.64. The first-order chi connectivity index (χ1) is 4.29. The maximum atomic E-state index is 11.0. The molecule has 0 N–H and O–H groups in total. The Kier molecular flexibility index (Phi) is 1.34. The molecule has 2 rings (SSSR count). The molecule has 4 atom stereocenters. The van der Waals surface area contributed by atoms with Crippen LogP contribution in [0.2, 0.25) is 0 Å². The maximum absolute atomic E-state index is 11.0. The highest BCUT2D eigenvalue weighted by Gasteiger charge is 2.45. The molecule has 0 aromatic rings. The summed E-state index contributed by atoms with van der Waals surface area (Å²) in [6.07, 6.45) is 2.48. The first-order valence-electron chi connectivity index (χ1n) is 3.30. The SMILES string of the molecule is O=S1C[C@H]2CC[C@H]2C1Cl. The van der Waals surface area contributed by atoms with Crippen LogP contribution in [0.5, 0.6) is 0 Å². The average Bonchev–Trinajstić information content (AvgIpc) is 1.92. The van der Waals surface area contributed by atoms with E-state index >= 15 is 0 Å². The zero-order valence-corrected chi connectivity index (χ0v) is 6.62. The first kappa shape index (κ1) is 6.17. The molecule has 1 heterocycles. The lowest BCUT2D eigenvalue weighted by atomic mass is 9.76. The molecule has 0 spiro atoms. The standard InChI is InChI=1S/C6H9ClOS/c7-6-5-2-1-4(5)3-9(6)8/h4-6H,1-3H2/t4-,5-,6?,9?/m1/s1. The van der Waals surface area contributed by atoms with Gasteiger partial charge in [-0.25, -0.2) is 0 Å². The van der Waals surface area contributed by atoms with Crippen LogP contribution in [-0.4, -0.2) is 14.7 Å². The highest BCUT2D eigenvalue weighted by molar-refractivity contribution is 7.87. The van der Waals surface area contributed by atoms with Gasteiger partial charge >= 0.3 is 0 Å². The smallest absolute Gasteiger partial charge is 0.112 e. The van der Waals surface area contributed by atoms with E-state index in [2.05, 4.69) is 0 Å². The fraction of sp³-hybridized carbons (Fsp3) is 1.00. The van der Waals surface area contributed by atoms with E-state index in [1.807, 2.05) is 0 Å². The highest BCUT2D eigenvalue weighted by atomic mass is 35.5. The van der Waals surface area contributed by atoms with Crippen LogP contribution in [-0.2, 0) is 10.8 Å². The topological polar surface area (TPSA) is 17.1 Å². The van der Waals surface area contributed by atoms with Crippen molar-refractivity contribution in [3.8, 4) is 0 Å². The lowest BCUT2D eigenvalue weighted by molar-refractivity contribution is 0.233. The van der Waals surface area contributed by atoms with E-state index in [0.29, 0.717) is 11.8 Å². The zero-order chi connectivity index (χ0) is 6.43. The zero-order valence-electron chi connectivity index (χ0n) is 5.05. The summed E-state index contributed by atoms with van der Waals surface area (Å²) < 4.78 is 11.0. The second-order valence-electron chi connectivity index (χ2n) is 2.90. The second-order valence-corrected chi connectivity index (χ2v) is 5.23. The molecule has 2 fully saturated rings. The Hall–Kier alpha value is 0.440. The summed E-state index contributed by atoms with van der Waals surface area (Å²) in [4.78, 5) is 0. The maximum Gasteiger partial charge on any atom is 0.112 e. The summed E-state index contributed by atoms with van der Waals surface area (Å²) in [5.41, 5.74) is 0. The van der Waals surface area contributed by atoms with Crippen LogP contribution in [0, 0.1) is 11.8 Å². The minimum absolute atomic E-state index is 0.0104. The lowest BCUT2D eigenvalue weighted by Gasteiger charge is -2.29. The van der Waals surface area contributed by atoms with Gasteiger partial charge in [0.2, 0.25) is 0 Å². The third kappa shape index (κ3) is 0.761. The predicted molar refractivity (Wildman–Crippen MR) is 38.9 cm³/mol. The monoisotopic (exact) mass is 164 g/mol. The molecule has 0 bridgehead atoms. The van der Waals surface area contributed by atoms with E-state index in [1.165, 1.54) is 12.8 Å². The van der Waals surface area contributed by atoms with Crippen LogP contribution in [0.3, 0.4) is 0 Å². The van der Waals surface area contributed by atoms with Gasteiger partial charge in [-0.2, -0.15) is 0 Å². The summed E-state index contributed by atoms with van der Waals surface area (Å²) in [7, 11) is -0.700. The lowest BCUT2D eigenvalue weighted by Crippen LogP contribution is -2.26. The largest absolute Gasteiger partial charge is 0.258 e. The second kappa shape index (κ2) is 1.96. The van der Waals surface area contributed by atoms with Gasteiger partial charge in [0.1, 0.15) is 4.71 Å². The van der Waals surface area contributed by atoms with Crippen LogP contribution in [0.4, 0.5) is 0 Å². The van der Waals surface area contributed by atoms with Crippen molar-refractivity contribution in [2.24, 2.45) is 11.8 Å². The quantitative estimate of drug-likeness (QED) is 0.494. The molecule has 52 valence electrons. The summed E-state index contributed by atoms with van der Waals surface area (Å²) >= 11 is 5.86. The number of alkyl halides is 1. The molecular weight excluding hydrogens is 156 g/mol. The summed E-state index contributed by atoms with van der Waals surface area (Å²) in [5, 5.41) is 0. The van der Waals surface area contributed by atoms with Crippen molar-refractivity contribution in [2.75, 3.05) is 5.75 Å². The summed E-state index contributed by atoms with van der Waals surface area (Å²) in [6, 6.07) is 0. The number of halogens is 1. The molecule has 3 heteroatoms. The van der Waals surface area contributed by atoms with E-state index in [4.69, 9.17) is 11.6 Å². The van der Waals surface area contributed by atoms with E-state index in [-0.39, 0.29) is 4.71 Å². The van der Waals surface area contributed by atoms with Gasteiger partial charge in [0.15, 0.2) is 0 Å². The van der Waals surface area contributed by atoms with E-state index in [0.717, 1.165) is 5.75 Å². The average molecular weight is 165 g/mol. The third-order valence-corrected chi connectivity index (χ3v) is 4.97. The van der Waals surface area contributed by atoms with Gasteiger partial charge in [0.25, 0.3) is 0 Å². The van der Waals surface area contributed by atoms with Gasteiger partial charge < -0.3 is 0 Å². The van der Waals surface area contributed by atoms with E-state index in [1.54, 1.807) is 0 Å². The van der Waals surface area contributed by atoms with Crippen molar-refractivity contribution in [3.63, 3.8) is 0 Å². The molecule has 2 unspecified atom stereocenters. The van der Waals surface area contributed by atoms with Crippen molar-refractivity contribution in [1.82, 2.24) is 0 Å². The molecule has 1 nitrogen and oxygen atoms in total. The van der Waals surface area contributed by atoms with Crippen LogP contribution >= 0.6 is 11.6 Å². The van der Waals surface area contributed by atoms with Gasteiger partial charge in [0, 0.05) is 16.6 Å². The summed E-state index contributed by atoms with van der Waals surface area (Å²) in [6.45, 7) is 0. The molecule has 0 aromatic carbocycles. The summed E-state index contributed by atoms with van der Waals surface area (Å²) in [5.74, 6) is 2.19. The minimum Gasteiger partial charge on any atom is -0.258 e. The Morgan fingerprint density at radius 1 is 1.44 bits per heavy atom. The Morgan fingerprint density at radius 2 is 2.22 bits per heavy atom. The normalized spacial score (nSPS) is 56.6. The van der Waals surface area contributed by atoms with E-state index in [9.17, 15) is 4.21 Å². The predicted octanol–water partition coefficient (Wildman–Crippen LogP) is 1.34. The minimum atomic E-state index is -0.700. The van der Waals surface area contributed by atoms with Crippen molar-refractivity contribution >= 4 is 22.4 Å². The number of hydrogen-bond acceptors (Lipinski definition) is 1. The molecule has 1 saturated heterocycles. The first-order valence-corrected chi connectivity index (χ1v) is 5.12. The Morgan fingerprint density at radius 3 is 2.44 bits per heavy atom. The van der Waals surface area contributed by atoms with E-state index < -0.39 is 10.8 Å². The fourth-order valence-corrected chi connectivity index (χ4v) is 3.96. The molecular formula is C6H9ClOS. The van der Waals surface area contributed by atoms with Crippen molar-refractivity contribution in [1.29, 1.82) is 0 Å². The number of fused-ring (bicyclic) bond motifs is 1.